The quantitative estimate of drug-likeness (QED) is 0.313. The second-order valence-electron chi connectivity index (χ2n) is 10.7. The average molecular weight is 596 g/mol. The van der Waals surface area contributed by atoms with Gasteiger partial charge in [-0.3, -0.25) is 0 Å². The summed E-state index contributed by atoms with van der Waals surface area (Å²) in [5, 5.41) is 7.23. The van der Waals surface area contributed by atoms with Gasteiger partial charge in [0.25, 0.3) is 0 Å². The molecule has 1 atom stereocenters. The molecule has 1 unspecified atom stereocenters. The Bertz CT molecular complexity index is 1590. The van der Waals surface area contributed by atoms with Gasteiger partial charge >= 0.3 is 0 Å². The minimum Gasteiger partial charge on any atom is -0.657 e. The summed E-state index contributed by atoms with van der Waals surface area (Å²) in [5.74, 6) is 0.720. The summed E-state index contributed by atoms with van der Waals surface area (Å²) in [4.78, 5) is 15.6. The molecule has 3 aromatic heterocycles. The van der Waals surface area contributed by atoms with Gasteiger partial charge in [0.1, 0.15) is 0 Å². The van der Waals surface area contributed by atoms with E-state index in [0.717, 1.165) is 90.7 Å². The normalized spacial score (nSPS) is 18.9. The molecule has 2 aliphatic heterocycles. The molecule has 1 radical (unpaired) electrons. The first kappa shape index (κ1) is 31.1. The molecule has 5 heterocycles. The largest absolute Gasteiger partial charge is 0.657 e. The topological polar surface area (TPSA) is 65.6 Å². The smallest absolute Gasteiger partial charge is 0.0517 e. The molecule has 5 rings (SSSR count). The van der Waals surface area contributed by atoms with Crippen molar-refractivity contribution in [2.45, 2.75) is 113 Å². The Morgan fingerprint density at radius 1 is 0.537 bits per heavy atom. The van der Waals surface area contributed by atoms with Gasteiger partial charge in [-0.15, -0.1) is 33.5 Å². The third-order valence-corrected chi connectivity index (χ3v) is 8.75. The number of aromatic nitrogens is 3. The van der Waals surface area contributed by atoms with Crippen molar-refractivity contribution in [3.05, 3.63) is 83.3 Å². The Kier molecular flexibility index (Phi) is 9.86. The Morgan fingerprint density at radius 3 is 1.51 bits per heavy atom. The van der Waals surface area contributed by atoms with E-state index in [1.807, 2.05) is 0 Å². The molecule has 223 valence electrons. The van der Waals surface area contributed by atoms with Crippen LogP contribution in [0.3, 0.4) is 0 Å². The van der Waals surface area contributed by atoms with Crippen LogP contribution in [0.5, 0.6) is 5.88 Å². The van der Waals surface area contributed by atoms with Crippen molar-refractivity contribution in [2.24, 2.45) is 0 Å². The Hall–Kier alpha value is -2.83. The molecule has 0 aromatic carbocycles. The summed E-state index contributed by atoms with van der Waals surface area (Å²) in [5.41, 5.74) is 14.3. The SMILES string of the molecule is CCC1=C(CC)C2[N-]/C1=C\c1[n-]c(c(CC)c1CC)/C=c1\[n-]/c(c(CC)c1CC)=C\c1[n-]c(c(CC)c1CC)O2.[Co]. The number of allylic oxidation sites excluding steroid dienone is 1. The van der Waals surface area contributed by atoms with E-state index in [2.05, 4.69) is 73.6 Å². The molecule has 0 N–H and O–H groups in total. The van der Waals surface area contributed by atoms with Gasteiger partial charge < -0.3 is 25.0 Å². The van der Waals surface area contributed by atoms with Crippen LogP contribution in [0.2, 0.25) is 0 Å². The molecular formula is C35H44CoN4O-4. The second-order valence-corrected chi connectivity index (χ2v) is 10.7. The molecule has 0 amide bonds. The average Bonchev–Trinajstić information content (AvgIpc) is 3.67. The Balaban J connectivity index is 0.00000387. The molecular weight excluding hydrogens is 551 g/mol. The first-order valence-electron chi connectivity index (χ1n) is 15.5. The fraction of sp³-hybridized carbons (Fsp3) is 0.486. The van der Waals surface area contributed by atoms with Crippen LogP contribution < -0.4 is 30.4 Å². The van der Waals surface area contributed by atoms with Crippen LogP contribution >= 0.6 is 0 Å². The van der Waals surface area contributed by atoms with Gasteiger partial charge in [-0.1, -0.05) is 107 Å². The third kappa shape index (κ3) is 5.30. The van der Waals surface area contributed by atoms with Gasteiger partial charge in [0.2, 0.25) is 0 Å². The summed E-state index contributed by atoms with van der Waals surface area (Å²) in [6, 6.07) is 0. The van der Waals surface area contributed by atoms with Crippen molar-refractivity contribution in [2.75, 3.05) is 0 Å². The molecule has 2 aliphatic rings. The fourth-order valence-corrected chi connectivity index (χ4v) is 6.82. The van der Waals surface area contributed by atoms with Crippen molar-refractivity contribution < 1.29 is 21.5 Å². The van der Waals surface area contributed by atoms with Crippen molar-refractivity contribution in [3.8, 4) is 5.88 Å². The first-order chi connectivity index (χ1) is 19.5. The maximum absolute atomic E-state index is 6.72. The van der Waals surface area contributed by atoms with Crippen LogP contribution in [-0.4, -0.2) is 6.23 Å². The summed E-state index contributed by atoms with van der Waals surface area (Å²) >= 11 is 0. The van der Waals surface area contributed by atoms with E-state index in [9.17, 15) is 0 Å². The predicted molar refractivity (Wildman–Crippen MR) is 165 cm³/mol. The number of hydrogen-bond donors (Lipinski definition) is 0. The molecule has 0 spiro atoms. The Morgan fingerprint density at radius 2 is 1.02 bits per heavy atom. The van der Waals surface area contributed by atoms with Gasteiger partial charge in [0.15, 0.2) is 0 Å². The number of rotatable bonds is 8. The van der Waals surface area contributed by atoms with Gasteiger partial charge in [0.05, 0.1) is 6.23 Å². The standard InChI is InChI=1S/C35H44N4O.Co/c1-9-20-22(11-3)30-18-32-24(13-5)26(15-7)34(38-32)40-35-27(16-8)25(14-6)33(39-35)19-31-23(12-4)21(10-2)29(37-31)17-28(20)36-30;/h17-19,34H,9-16H2,1-8H3;/q-4;/b29-17-,31-19-,32-18-;. The molecule has 5 nitrogen and oxygen atoms in total. The zero-order chi connectivity index (χ0) is 28.6. The van der Waals surface area contributed by atoms with E-state index < -0.39 is 0 Å². The minimum atomic E-state index is -0.352. The molecule has 0 saturated carbocycles. The molecule has 0 aliphatic carbocycles. The van der Waals surface area contributed by atoms with E-state index >= 15 is 0 Å². The van der Waals surface area contributed by atoms with E-state index in [1.54, 1.807) is 0 Å². The van der Waals surface area contributed by atoms with Crippen LogP contribution in [0.4, 0.5) is 0 Å². The zero-order valence-electron chi connectivity index (χ0n) is 26.0. The van der Waals surface area contributed by atoms with Crippen LogP contribution in [0.15, 0.2) is 16.8 Å². The maximum atomic E-state index is 6.72. The van der Waals surface area contributed by atoms with E-state index in [-0.39, 0.29) is 23.0 Å². The van der Waals surface area contributed by atoms with Crippen LogP contribution in [0.1, 0.15) is 119 Å². The minimum absolute atomic E-state index is 0. The zero-order valence-corrected chi connectivity index (χ0v) is 27.0. The van der Waals surface area contributed by atoms with Crippen LogP contribution in [-0.2, 0) is 55.3 Å². The van der Waals surface area contributed by atoms with E-state index in [1.165, 1.54) is 44.5 Å². The summed E-state index contributed by atoms with van der Waals surface area (Å²) < 4.78 is 6.72. The molecule has 0 fully saturated rings. The summed E-state index contributed by atoms with van der Waals surface area (Å²) in [6.07, 6.45) is 13.6. The monoisotopic (exact) mass is 595 g/mol. The predicted octanol–water partition coefficient (Wildman–Crippen LogP) is 6.15. The number of fused-ring (bicyclic) bond motifs is 8. The first-order valence-corrected chi connectivity index (χ1v) is 15.5. The molecule has 0 saturated heterocycles. The van der Waals surface area contributed by atoms with Crippen molar-refractivity contribution >= 4 is 18.2 Å². The number of ether oxygens (including phenoxy) is 1. The molecule has 8 bridgehead atoms. The van der Waals surface area contributed by atoms with Crippen LogP contribution in [0.25, 0.3) is 23.5 Å². The van der Waals surface area contributed by atoms with Crippen molar-refractivity contribution in [3.63, 3.8) is 0 Å². The second kappa shape index (κ2) is 13.0. The number of hydrogen-bond acceptors (Lipinski definition) is 1. The number of nitrogens with zero attached hydrogens (tertiary/aromatic N) is 4. The molecule has 6 heteroatoms. The summed E-state index contributed by atoms with van der Waals surface area (Å²) in [6.45, 7) is 17.7. The maximum Gasteiger partial charge on any atom is 0.0517 e. The van der Waals surface area contributed by atoms with Gasteiger partial charge in [-0.25, -0.2) is 0 Å². The summed E-state index contributed by atoms with van der Waals surface area (Å²) in [7, 11) is 0. The fourth-order valence-electron chi connectivity index (χ4n) is 6.82. The van der Waals surface area contributed by atoms with Crippen LogP contribution in [0, 0.1) is 0 Å². The Labute approximate surface area is 256 Å². The van der Waals surface area contributed by atoms with Gasteiger partial charge in [-0.2, -0.15) is 0 Å². The van der Waals surface area contributed by atoms with E-state index in [0.29, 0.717) is 0 Å². The van der Waals surface area contributed by atoms with Gasteiger partial charge in [0, 0.05) is 22.7 Å². The van der Waals surface area contributed by atoms with Gasteiger partial charge in [-0.05, 0) is 62.5 Å². The van der Waals surface area contributed by atoms with Crippen molar-refractivity contribution in [1.82, 2.24) is 15.0 Å². The molecule has 3 aromatic rings. The van der Waals surface area contributed by atoms with E-state index in [4.69, 9.17) is 25.0 Å². The van der Waals surface area contributed by atoms with Crippen molar-refractivity contribution in [1.29, 1.82) is 0 Å². The molecule has 41 heavy (non-hydrogen) atoms. The third-order valence-electron chi connectivity index (χ3n) is 8.75.